The standard InChI is InChI=1S/C20H22ClN5O3/c1-5-29-9-8-24-18(27)16-17(23(4)20(24)28)22-19-25(16)11-13(3)26(19)14-7-6-12(2)15(21)10-14/h6-7,10-11H,5,8-9H2,1-4H3. The summed E-state index contributed by atoms with van der Waals surface area (Å²) in [4.78, 5) is 30.5. The summed E-state index contributed by atoms with van der Waals surface area (Å²) in [7, 11) is 1.62. The average Bonchev–Trinajstić information content (AvgIpc) is 3.20. The number of ether oxygens (including phenoxy) is 1. The van der Waals surface area contributed by atoms with Crippen molar-refractivity contribution in [1.29, 1.82) is 0 Å². The Hall–Kier alpha value is -2.84. The summed E-state index contributed by atoms with van der Waals surface area (Å²) in [5.74, 6) is 0.548. The van der Waals surface area contributed by atoms with E-state index in [0.717, 1.165) is 16.9 Å². The number of halogens is 1. The number of aryl methyl sites for hydroxylation is 3. The van der Waals surface area contributed by atoms with E-state index in [2.05, 4.69) is 4.98 Å². The van der Waals surface area contributed by atoms with Gasteiger partial charge in [0.2, 0.25) is 5.78 Å². The molecule has 4 rings (SSSR count). The van der Waals surface area contributed by atoms with Gasteiger partial charge in [-0.1, -0.05) is 17.7 Å². The molecule has 0 radical (unpaired) electrons. The molecular formula is C20H22ClN5O3. The third-order valence-electron chi connectivity index (χ3n) is 5.10. The van der Waals surface area contributed by atoms with Crippen molar-refractivity contribution < 1.29 is 4.74 Å². The predicted molar refractivity (Wildman–Crippen MR) is 113 cm³/mol. The molecule has 0 N–H and O–H groups in total. The number of aromatic nitrogens is 5. The highest BCUT2D eigenvalue weighted by Gasteiger charge is 2.20. The molecule has 0 bridgehead atoms. The lowest BCUT2D eigenvalue weighted by molar-refractivity contribution is 0.137. The van der Waals surface area contributed by atoms with Crippen molar-refractivity contribution in [2.75, 3.05) is 13.2 Å². The summed E-state index contributed by atoms with van der Waals surface area (Å²) in [6.45, 7) is 6.75. The van der Waals surface area contributed by atoms with Crippen molar-refractivity contribution in [2.45, 2.75) is 27.3 Å². The molecule has 0 spiro atoms. The van der Waals surface area contributed by atoms with Crippen molar-refractivity contribution in [3.63, 3.8) is 0 Å². The third kappa shape index (κ3) is 2.99. The first-order valence-electron chi connectivity index (χ1n) is 9.39. The second kappa shape index (κ2) is 7.20. The molecule has 9 heteroatoms. The van der Waals surface area contributed by atoms with Gasteiger partial charge in [0.15, 0.2) is 11.2 Å². The van der Waals surface area contributed by atoms with Gasteiger partial charge < -0.3 is 4.74 Å². The highest BCUT2D eigenvalue weighted by atomic mass is 35.5. The van der Waals surface area contributed by atoms with Crippen molar-refractivity contribution in [3.05, 3.63) is 61.5 Å². The van der Waals surface area contributed by atoms with Crippen LogP contribution in [0.1, 0.15) is 18.2 Å². The fourth-order valence-electron chi connectivity index (χ4n) is 3.55. The van der Waals surface area contributed by atoms with Gasteiger partial charge in [-0.15, -0.1) is 0 Å². The lowest BCUT2D eigenvalue weighted by Crippen LogP contribution is -2.40. The highest BCUT2D eigenvalue weighted by Crippen LogP contribution is 2.24. The Kier molecular flexibility index (Phi) is 4.84. The molecule has 152 valence electrons. The van der Waals surface area contributed by atoms with Crippen LogP contribution in [0.5, 0.6) is 0 Å². The Morgan fingerprint density at radius 1 is 1.21 bits per heavy atom. The summed E-state index contributed by atoms with van der Waals surface area (Å²) >= 11 is 6.31. The van der Waals surface area contributed by atoms with Crippen LogP contribution in [0.3, 0.4) is 0 Å². The Morgan fingerprint density at radius 3 is 2.66 bits per heavy atom. The van der Waals surface area contributed by atoms with Crippen LogP contribution in [0, 0.1) is 13.8 Å². The monoisotopic (exact) mass is 415 g/mol. The minimum absolute atomic E-state index is 0.190. The summed E-state index contributed by atoms with van der Waals surface area (Å²) < 4.78 is 11.6. The molecule has 0 aliphatic heterocycles. The number of fused-ring (bicyclic) bond motifs is 3. The van der Waals surface area contributed by atoms with Crippen LogP contribution in [0.25, 0.3) is 22.6 Å². The van der Waals surface area contributed by atoms with Crippen LogP contribution in [0.4, 0.5) is 0 Å². The first-order valence-corrected chi connectivity index (χ1v) is 9.77. The van der Waals surface area contributed by atoms with Crippen molar-refractivity contribution in [1.82, 2.24) is 23.1 Å². The summed E-state index contributed by atoms with van der Waals surface area (Å²) in [5.41, 5.74) is 2.62. The summed E-state index contributed by atoms with van der Waals surface area (Å²) in [6, 6.07) is 5.75. The van der Waals surface area contributed by atoms with Gasteiger partial charge >= 0.3 is 5.69 Å². The molecule has 29 heavy (non-hydrogen) atoms. The van der Waals surface area contributed by atoms with Crippen LogP contribution in [0.2, 0.25) is 5.02 Å². The number of hydrogen-bond donors (Lipinski definition) is 0. The SMILES string of the molecule is CCOCCn1c(=O)c2c(nc3n(-c4ccc(C)c(Cl)c4)c(C)cn23)n(C)c1=O. The van der Waals surface area contributed by atoms with Gasteiger partial charge in [0, 0.05) is 30.6 Å². The average molecular weight is 416 g/mol. The van der Waals surface area contributed by atoms with Gasteiger partial charge in [-0.3, -0.25) is 22.9 Å². The molecular weight excluding hydrogens is 394 g/mol. The second-order valence-electron chi connectivity index (χ2n) is 6.99. The van der Waals surface area contributed by atoms with Crippen LogP contribution in [0.15, 0.2) is 34.0 Å². The molecule has 0 amide bonds. The van der Waals surface area contributed by atoms with Gasteiger partial charge in [0.25, 0.3) is 5.56 Å². The maximum absolute atomic E-state index is 13.1. The smallest absolute Gasteiger partial charge is 0.332 e. The molecule has 4 aromatic rings. The number of imidazole rings is 2. The van der Waals surface area contributed by atoms with E-state index in [0.29, 0.717) is 35.2 Å². The van der Waals surface area contributed by atoms with Crippen molar-refractivity contribution >= 4 is 28.5 Å². The van der Waals surface area contributed by atoms with E-state index in [1.165, 1.54) is 9.13 Å². The van der Waals surface area contributed by atoms with Gasteiger partial charge in [0.05, 0.1) is 18.8 Å². The molecule has 0 saturated heterocycles. The highest BCUT2D eigenvalue weighted by molar-refractivity contribution is 6.31. The maximum Gasteiger partial charge on any atom is 0.332 e. The minimum atomic E-state index is -0.412. The van der Waals surface area contributed by atoms with Gasteiger partial charge in [0.1, 0.15) is 0 Å². The second-order valence-corrected chi connectivity index (χ2v) is 7.40. The van der Waals surface area contributed by atoms with Crippen LogP contribution in [-0.2, 0) is 18.3 Å². The predicted octanol–water partition coefficient (Wildman–Crippen LogP) is 2.45. The molecule has 0 fully saturated rings. The zero-order valence-electron chi connectivity index (χ0n) is 16.8. The Labute approximate surface area is 171 Å². The minimum Gasteiger partial charge on any atom is -0.380 e. The molecule has 1 aromatic carbocycles. The molecule has 0 saturated carbocycles. The van der Waals surface area contributed by atoms with Crippen LogP contribution >= 0.6 is 11.6 Å². The van der Waals surface area contributed by atoms with Gasteiger partial charge in [-0.2, -0.15) is 4.98 Å². The Bertz CT molecular complexity index is 1360. The fraction of sp³-hybridized carbons (Fsp3) is 0.350. The molecule has 3 heterocycles. The number of nitrogens with zero attached hydrogens (tertiary/aromatic N) is 5. The molecule has 3 aromatic heterocycles. The van der Waals surface area contributed by atoms with Gasteiger partial charge in [-0.25, -0.2) is 4.79 Å². The maximum atomic E-state index is 13.1. The van der Waals surface area contributed by atoms with E-state index in [1.54, 1.807) is 11.4 Å². The number of hydrogen-bond acceptors (Lipinski definition) is 4. The number of benzene rings is 1. The largest absolute Gasteiger partial charge is 0.380 e. The first-order chi connectivity index (χ1) is 13.8. The van der Waals surface area contributed by atoms with Crippen molar-refractivity contribution in [2.24, 2.45) is 7.05 Å². The lowest BCUT2D eigenvalue weighted by atomic mass is 10.2. The van der Waals surface area contributed by atoms with Crippen molar-refractivity contribution in [3.8, 4) is 5.69 Å². The van der Waals surface area contributed by atoms with Crippen LogP contribution < -0.4 is 11.2 Å². The zero-order valence-corrected chi connectivity index (χ0v) is 17.5. The van der Waals surface area contributed by atoms with E-state index in [4.69, 9.17) is 16.3 Å². The zero-order chi connectivity index (χ0) is 20.9. The fourth-order valence-corrected chi connectivity index (χ4v) is 3.72. The lowest BCUT2D eigenvalue weighted by Gasteiger charge is -2.08. The molecule has 0 unspecified atom stereocenters. The topological polar surface area (TPSA) is 75.5 Å². The first kappa shape index (κ1) is 19.5. The quantitative estimate of drug-likeness (QED) is 0.469. The van der Waals surface area contributed by atoms with E-state index in [9.17, 15) is 9.59 Å². The molecule has 0 atom stereocenters. The van der Waals surface area contributed by atoms with E-state index < -0.39 is 5.69 Å². The van der Waals surface area contributed by atoms with E-state index >= 15 is 0 Å². The number of rotatable bonds is 5. The normalized spacial score (nSPS) is 11.8. The summed E-state index contributed by atoms with van der Waals surface area (Å²) in [6.07, 6.45) is 1.84. The third-order valence-corrected chi connectivity index (χ3v) is 5.51. The summed E-state index contributed by atoms with van der Waals surface area (Å²) in [5, 5.41) is 0.649. The Morgan fingerprint density at radius 2 is 1.97 bits per heavy atom. The van der Waals surface area contributed by atoms with Gasteiger partial charge in [-0.05, 0) is 38.5 Å². The van der Waals surface area contributed by atoms with Crippen LogP contribution in [-0.4, -0.2) is 36.3 Å². The molecule has 0 aliphatic carbocycles. The van der Waals surface area contributed by atoms with E-state index in [-0.39, 0.29) is 12.1 Å². The molecule has 8 nitrogen and oxygen atoms in total. The Balaban J connectivity index is 2.01. The van der Waals surface area contributed by atoms with E-state index in [1.807, 2.05) is 49.7 Å². The molecule has 0 aliphatic rings.